The first-order valence-electron chi connectivity index (χ1n) is 9.78. The number of benzene rings is 2. The SMILES string of the molecule is Cc1cc(C)c(C(=O)OCC(=O)N2CCN(S(=O)(=O)c3ccccc3)CC2)c(C)c1. The zero-order valence-electron chi connectivity index (χ0n) is 17.4. The molecule has 7 nitrogen and oxygen atoms in total. The lowest BCUT2D eigenvalue weighted by atomic mass is 10.00. The molecule has 0 radical (unpaired) electrons. The van der Waals surface area contributed by atoms with Gasteiger partial charge < -0.3 is 9.64 Å². The Labute approximate surface area is 177 Å². The minimum absolute atomic E-state index is 0.201. The molecule has 1 fully saturated rings. The van der Waals surface area contributed by atoms with Gasteiger partial charge in [-0.25, -0.2) is 13.2 Å². The average Bonchev–Trinajstić information content (AvgIpc) is 2.72. The van der Waals surface area contributed by atoms with Crippen molar-refractivity contribution in [3.8, 4) is 0 Å². The van der Waals surface area contributed by atoms with Gasteiger partial charge in [0, 0.05) is 26.2 Å². The lowest BCUT2D eigenvalue weighted by molar-refractivity contribution is -0.135. The van der Waals surface area contributed by atoms with Gasteiger partial charge in [0.2, 0.25) is 10.0 Å². The highest BCUT2D eigenvalue weighted by Crippen LogP contribution is 2.19. The van der Waals surface area contributed by atoms with Gasteiger partial charge >= 0.3 is 5.97 Å². The fraction of sp³-hybridized carbons (Fsp3) is 0.364. The van der Waals surface area contributed by atoms with Crippen molar-refractivity contribution in [3.05, 3.63) is 64.7 Å². The summed E-state index contributed by atoms with van der Waals surface area (Å²) in [7, 11) is -3.58. The number of hydrogen-bond acceptors (Lipinski definition) is 5. The Morgan fingerprint density at radius 2 is 1.50 bits per heavy atom. The van der Waals surface area contributed by atoms with Gasteiger partial charge in [-0.2, -0.15) is 4.31 Å². The molecule has 160 valence electrons. The van der Waals surface area contributed by atoms with E-state index in [9.17, 15) is 18.0 Å². The van der Waals surface area contributed by atoms with Crippen LogP contribution in [0.15, 0.2) is 47.4 Å². The van der Waals surface area contributed by atoms with Crippen LogP contribution in [0.4, 0.5) is 0 Å². The lowest BCUT2D eigenvalue weighted by Gasteiger charge is -2.33. The Morgan fingerprint density at radius 1 is 0.933 bits per heavy atom. The summed E-state index contributed by atoms with van der Waals surface area (Å²) >= 11 is 0. The zero-order chi connectivity index (χ0) is 21.9. The van der Waals surface area contributed by atoms with Crippen molar-refractivity contribution in [2.45, 2.75) is 25.7 Å². The van der Waals surface area contributed by atoms with Gasteiger partial charge in [-0.3, -0.25) is 4.79 Å². The van der Waals surface area contributed by atoms with Crippen molar-refractivity contribution in [1.29, 1.82) is 0 Å². The fourth-order valence-corrected chi connectivity index (χ4v) is 5.16. The van der Waals surface area contributed by atoms with Crippen LogP contribution in [0.2, 0.25) is 0 Å². The van der Waals surface area contributed by atoms with Gasteiger partial charge in [0.05, 0.1) is 10.5 Å². The first-order valence-corrected chi connectivity index (χ1v) is 11.2. The van der Waals surface area contributed by atoms with Gasteiger partial charge in [-0.1, -0.05) is 35.9 Å². The minimum atomic E-state index is -3.58. The molecular weight excluding hydrogens is 404 g/mol. The van der Waals surface area contributed by atoms with E-state index in [2.05, 4.69) is 0 Å². The predicted molar refractivity (Wildman–Crippen MR) is 113 cm³/mol. The van der Waals surface area contributed by atoms with Gasteiger partial charge in [0.15, 0.2) is 6.61 Å². The smallest absolute Gasteiger partial charge is 0.339 e. The van der Waals surface area contributed by atoms with Crippen molar-refractivity contribution in [1.82, 2.24) is 9.21 Å². The number of carbonyl (C=O) groups excluding carboxylic acids is 2. The van der Waals surface area contributed by atoms with Crippen LogP contribution in [0.1, 0.15) is 27.0 Å². The summed E-state index contributed by atoms with van der Waals surface area (Å²) < 4.78 is 32.0. The van der Waals surface area contributed by atoms with E-state index in [1.54, 1.807) is 30.3 Å². The van der Waals surface area contributed by atoms with Crippen LogP contribution in [0.3, 0.4) is 0 Å². The standard InChI is InChI=1S/C22H26N2O5S/c1-16-13-17(2)21(18(3)14-16)22(26)29-15-20(25)23-9-11-24(12-10-23)30(27,28)19-7-5-4-6-8-19/h4-8,13-14H,9-12,15H2,1-3H3. The maximum atomic E-state index is 12.7. The summed E-state index contributed by atoms with van der Waals surface area (Å²) in [4.78, 5) is 26.7. The van der Waals surface area contributed by atoms with E-state index >= 15 is 0 Å². The monoisotopic (exact) mass is 430 g/mol. The third-order valence-electron chi connectivity index (χ3n) is 5.18. The first kappa shape index (κ1) is 22.0. The van der Waals surface area contributed by atoms with E-state index in [1.165, 1.54) is 9.21 Å². The van der Waals surface area contributed by atoms with E-state index in [4.69, 9.17) is 4.74 Å². The Kier molecular flexibility index (Phi) is 6.58. The number of sulfonamides is 1. The number of piperazine rings is 1. The van der Waals surface area contributed by atoms with E-state index < -0.39 is 16.0 Å². The molecule has 0 aliphatic carbocycles. The second kappa shape index (κ2) is 8.97. The number of hydrogen-bond donors (Lipinski definition) is 0. The predicted octanol–water partition coefficient (Wildman–Crippen LogP) is 2.30. The van der Waals surface area contributed by atoms with E-state index in [0.717, 1.165) is 16.7 Å². The van der Waals surface area contributed by atoms with Crippen molar-refractivity contribution >= 4 is 21.9 Å². The maximum Gasteiger partial charge on any atom is 0.339 e. The van der Waals surface area contributed by atoms with E-state index in [1.807, 2.05) is 32.9 Å². The molecule has 1 amide bonds. The molecule has 8 heteroatoms. The molecule has 2 aromatic carbocycles. The highest BCUT2D eigenvalue weighted by molar-refractivity contribution is 7.89. The Bertz CT molecular complexity index is 1020. The molecule has 1 aliphatic heterocycles. The van der Waals surface area contributed by atoms with Crippen molar-refractivity contribution < 1.29 is 22.7 Å². The van der Waals surface area contributed by atoms with Crippen molar-refractivity contribution in [2.75, 3.05) is 32.8 Å². The molecule has 1 saturated heterocycles. The summed E-state index contributed by atoms with van der Waals surface area (Å²) in [6, 6.07) is 12.0. The molecule has 0 saturated carbocycles. The molecule has 30 heavy (non-hydrogen) atoms. The summed E-state index contributed by atoms with van der Waals surface area (Å²) in [5.41, 5.74) is 3.16. The summed E-state index contributed by atoms with van der Waals surface area (Å²) in [6.45, 7) is 6.18. The molecule has 1 aliphatic rings. The van der Waals surface area contributed by atoms with Crippen LogP contribution in [0, 0.1) is 20.8 Å². The molecule has 0 aromatic heterocycles. The topological polar surface area (TPSA) is 84.0 Å². The van der Waals surface area contributed by atoms with Gasteiger partial charge in [-0.05, 0) is 44.0 Å². The first-order chi connectivity index (χ1) is 14.2. The average molecular weight is 431 g/mol. The number of ether oxygens (including phenoxy) is 1. The number of nitrogens with zero attached hydrogens (tertiary/aromatic N) is 2. The molecule has 3 rings (SSSR count). The highest BCUT2D eigenvalue weighted by Gasteiger charge is 2.30. The number of esters is 1. The molecule has 0 N–H and O–H groups in total. The Morgan fingerprint density at radius 3 is 2.07 bits per heavy atom. The van der Waals surface area contributed by atoms with Crippen LogP contribution in [0.25, 0.3) is 0 Å². The normalized spacial score (nSPS) is 15.1. The maximum absolute atomic E-state index is 12.7. The molecule has 0 bridgehead atoms. The van der Waals surface area contributed by atoms with Crippen LogP contribution < -0.4 is 0 Å². The summed E-state index contributed by atoms with van der Waals surface area (Å²) in [5, 5.41) is 0. The third-order valence-corrected chi connectivity index (χ3v) is 7.09. The molecule has 0 spiro atoms. The van der Waals surface area contributed by atoms with Crippen molar-refractivity contribution in [3.63, 3.8) is 0 Å². The highest BCUT2D eigenvalue weighted by atomic mass is 32.2. The molecule has 1 heterocycles. The molecular formula is C22H26N2O5S. The van der Waals surface area contributed by atoms with E-state index in [0.29, 0.717) is 5.56 Å². The quantitative estimate of drug-likeness (QED) is 0.680. The molecule has 0 atom stereocenters. The van der Waals surface area contributed by atoms with E-state index in [-0.39, 0.29) is 43.6 Å². The fourth-order valence-electron chi connectivity index (χ4n) is 3.71. The lowest BCUT2D eigenvalue weighted by Crippen LogP contribution is -2.51. The largest absolute Gasteiger partial charge is 0.452 e. The van der Waals surface area contributed by atoms with Crippen LogP contribution >= 0.6 is 0 Å². The van der Waals surface area contributed by atoms with Gasteiger partial charge in [0.1, 0.15) is 0 Å². The molecule has 2 aromatic rings. The van der Waals surface area contributed by atoms with Crippen LogP contribution in [-0.2, 0) is 19.6 Å². The Hall–Kier alpha value is -2.71. The summed E-state index contributed by atoms with van der Waals surface area (Å²) in [5.74, 6) is -0.855. The van der Waals surface area contributed by atoms with Crippen LogP contribution in [-0.4, -0.2) is 62.3 Å². The number of rotatable bonds is 5. The number of carbonyl (C=O) groups is 2. The van der Waals surface area contributed by atoms with Gasteiger partial charge in [0.25, 0.3) is 5.91 Å². The minimum Gasteiger partial charge on any atom is -0.452 e. The number of amides is 1. The molecule has 0 unspecified atom stereocenters. The number of aryl methyl sites for hydroxylation is 3. The Balaban J connectivity index is 1.55. The summed E-state index contributed by atoms with van der Waals surface area (Å²) in [6.07, 6.45) is 0. The third kappa shape index (κ3) is 4.71. The van der Waals surface area contributed by atoms with Gasteiger partial charge in [-0.15, -0.1) is 0 Å². The second-order valence-electron chi connectivity index (χ2n) is 7.45. The zero-order valence-corrected chi connectivity index (χ0v) is 18.2. The van der Waals surface area contributed by atoms with Crippen molar-refractivity contribution in [2.24, 2.45) is 0 Å². The van der Waals surface area contributed by atoms with Crippen LogP contribution in [0.5, 0.6) is 0 Å². The second-order valence-corrected chi connectivity index (χ2v) is 9.39.